The number of nitrogens with one attached hydrogen (secondary N) is 3. The summed E-state index contributed by atoms with van der Waals surface area (Å²) in [5.41, 5.74) is 10.5. The molecule has 18 rings (SSSR count). The first-order valence-corrected chi connectivity index (χ1v) is 45.8. The van der Waals surface area contributed by atoms with Crippen LogP contribution in [-0.2, 0) is 47.7 Å². The molecule has 31 nitrogen and oxygen atoms in total. The standard InChI is InChI=1S/C28H30ClF2N3O5.C26H33N3O5.C20H23NO8S.C18H27N3O3.4CH4/c29-19-2-6-22-18(13-19)15-25(39-22)28(30,31)27(36)32-21(16-33-7-9-34(10-8-33)20-3-4-20)26(35)17-1-5-23-24(14-17)38-12-11-37-23;30-25(20-6-9-23-24(16-20)33-15-14-32-23)22(17-28-10-12-29(13-11-28)21-7-8-21)27-26(31)34-18-19-4-2-1-3-5-19;1-30(24,25)29-13-16(21-20(23)28-12-14-5-3-2-4-6-14)19(22)15-7-8-17-18(11-15)27-10-9-26-17;19-15(12-20-5-7-21(8-6-20)14-2-3-14)18(22)13-1-4-16-17(11-13)24-10-9-23-16;;;;/h1-2,5-6,13-15,20-21,26,35H,3-4,7-12,16H2,(H,32,36);1-6,9,16,21-22,25,30H,7-8,10-15,17-18H2,(H,27,31);2-8,11,16,19,22H,9-10,12-13H2,1H3,(H,21,23);1,4,11,14-15,18,22H,2-3,5-10,12,19H2;4*1H4/t21-,26-;22-,25-;16-,19-;15-,18-;;;;/m1111..../s1. The summed E-state index contributed by atoms with van der Waals surface area (Å²) in [6.45, 7) is 16.2. The van der Waals surface area contributed by atoms with Gasteiger partial charge in [0.15, 0.2) is 51.8 Å². The SMILES string of the molecule is C.C.C.C.CS(=O)(=O)OC[C@@H](NC(=O)OCc1ccccc1)[C@H](O)c1ccc2c(c1)OCCO2.N[C@H](CN1CCN(C2CC2)CC1)[C@H](O)c1ccc2c(c1)OCCO2.O=C(N[C@H](CN1CCN(C2CC2)CC1)[C@H](O)c1ccc2c(c1)OCCO2)C(F)(F)c1cc2cc(Cl)ccc2o1.O=C(N[C@H](CN1CCN(C2CC2)CC1)[C@H](O)c1ccc2c(c1)OCCO2)OCc1ccccc1. The molecule has 10 aliphatic rings. The maximum absolute atomic E-state index is 15.4. The molecule has 9 N–H and O–H groups in total. The molecule has 3 aliphatic carbocycles. The highest BCUT2D eigenvalue weighted by molar-refractivity contribution is 7.86. The van der Waals surface area contributed by atoms with Crippen LogP contribution in [-0.4, -0.2) is 283 Å². The Labute approximate surface area is 771 Å². The van der Waals surface area contributed by atoms with Crippen LogP contribution in [0.25, 0.3) is 11.0 Å². The Morgan fingerprint density at radius 2 is 0.779 bits per heavy atom. The number of hydrogen-bond acceptors (Lipinski definition) is 28. The molecule has 716 valence electrons. The van der Waals surface area contributed by atoms with E-state index in [0.29, 0.717) is 139 Å². The van der Waals surface area contributed by atoms with Crippen molar-refractivity contribution in [3.8, 4) is 46.0 Å². The zero-order chi connectivity index (χ0) is 88.6. The van der Waals surface area contributed by atoms with Gasteiger partial charge in [-0.1, -0.05) is 126 Å². The van der Waals surface area contributed by atoms with E-state index in [9.17, 15) is 43.2 Å². The summed E-state index contributed by atoms with van der Waals surface area (Å²) in [5.74, 6) is -1.59. The molecule has 0 radical (unpaired) electrons. The highest BCUT2D eigenvalue weighted by Gasteiger charge is 2.47. The van der Waals surface area contributed by atoms with Crippen LogP contribution in [0.5, 0.6) is 46.0 Å². The van der Waals surface area contributed by atoms with E-state index in [0.717, 1.165) is 125 Å². The first kappa shape index (κ1) is 102. The molecular weight excluding hydrogens is 1730 g/mol. The predicted molar refractivity (Wildman–Crippen MR) is 493 cm³/mol. The highest BCUT2D eigenvalue weighted by Crippen LogP contribution is 2.41. The molecule has 1 aromatic heterocycles. The Morgan fingerprint density at radius 3 is 1.15 bits per heavy atom. The van der Waals surface area contributed by atoms with E-state index in [1.54, 1.807) is 54.6 Å². The van der Waals surface area contributed by atoms with Crippen molar-refractivity contribution in [3.05, 3.63) is 202 Å². The normalized spacial score (nSPS) is 19.2. The number of halogens is 3. The third-order valence-corrected chi connectivity index (χ3v) is 24.7. The van der Waals surface area contributed by atoms with Gasteiger partial charge in [-0.25, -0.2) is 9.59 Å². The average Bonchev–Trinajstić information content (AvgIpc) is 1.64. The van der Waals surface area contributed by atoms with Crippen molar-refractivity contribution in [2.45, 2.75) is 154 Å². The number of alkyl carbamates (subject to hydrolysis) is 2. The predicted octanol–water partition coefficient (Wildman–Crippen LogP) is 11.4. The summed E-state index contributed by atoms with van der Waals surface area (Å²) in [4.78, 5) is 52.3. The lowest BCUT2D eigenvalue weighted by Crippen LogP contribution is -2.55. The van der Waals surface area contributed by atoms with E-state index in [1.165, 1.54) is 56.7 Å². The fraction of sp³-hybridized carbons (Fsp3) is 0.510. The van der Waals surface area contributed by atoms with Crippen LogP contribution in [0.1, 0.15) is 132 Å². The molecule has 7 aliphatic heterocycles. The van der Waals surface area contributed by atoms with Gasteiger partial charge < -0.3 is 93.9 Å². The van der Waals surface area contributed by atoms with Crippen LogP contribution < -0.4 is 59.6 Å². The first-order chi connectivity index (χ1) is 61.4. The van der Waals surface area contributed by atoms with Gasteiger partial charge in [0.1, 0.15) is 90.0 Å². The average molecular weight is 1860 g/mol. The van der Waals surface area contributed by atoms with Gasteiger partial charge in [-0.05, 0) is 145 Å². The van der Waals surface area contributed by atoms with Gasteiger partial charge in [-0.2, -0.15) is 17.2 Å². The van der Waals surface area contributed by atoms with E-state index in [2.05, 4.69) is 45.3 Å². The monoisotopic (exact) mass is 1860 g/mol. The van der Waals surface area contributed by atoms with Crippen LogP contribution in [0.4, 0.5) is 18.4 Å². The molecule has 6 fully saturated rings. The van der Waals surface area contributed by atoms with Gasteiger partial charge in [0.05, 0.1) is 37.1 Å². The molecule has 131 heavy (non-hydrogen) atoms. The lowest BCUT2D eigenvalue weighted by molar-refractivity contribution is -0.151. The summed E-state index contributed by atoms with van der Waals surface area (Å²) in [5, 5.41) is 52.6. The van der Waals surface area contributed by atoms with Gasteiger partial charge in [-0.15, -0.1) is 0 Å². The van der Waals surface area contributed by atoms with Crippen molar-refractivity contribution in [3.63, 3.8) is 0 Å². The molecule has 0 unspecified atom stereocenters. The molecule has 35 heteroatoms. The molecule has 0 bridgehead atoms. The molecule has 3 amide bonds. The van der Waals surface area contributed by atoms with E-state index < -0.39 is 89.0 Å². The maximum atomic E-state index is 15.4. The van der Waals surface area contributed by atoms with Crippen molar-refractivity contribution in [2.75, 3.05) is 164 Å². The zero-order valence-corrected chi connectivity index (χ0v) is 72.6. The number of fused-ring (bicyclic) bond motifs is 5. The second kappa shape index (κ2) is 47.6. The number of nitrogens with two attached hydrogens (primary N) is 1. The Hall–Kier alpha value is -9.89. The van der Waals surface area contributed by atoms with Crippen LogP contribution in [0.2, 0.25) is 5.02 Å². The first-order valence-electron chi connectivity index (χ1n) is 43.6. The number of hydrogen-bond donors (Lipinski definition) is 8. The Balaban J connectivity index is 0.000000169. The van der Waals surface area contributed by atoms with E-state index in [4.69, 9.17) is 73.3 Å². The minimum Gasteiger partial charge on any atom is -0.486 e. The zero-order valence-electron chi connectivity index (χ0n) is 71.0. The number of alkyl halides is 2. The molecule has 0 spiro atoms. The van der Waals surface area contributed by atoms with Crippen LogP contribution in [0, 0.1) is 0 Å². The van der Waals surface area contributed by atoms with E-state index in [-0.39, 0.29) is 61.1 Å². The lowest BCUT2D eigenvalue weighted by Gasteiger charge is -2.38. The highest BCUT2D eigenvalue weighted by atomic mass is 35.5. The van der Waals surface area contributed by atoms with Crippen molar-refractivity contribution in [1.29, 1.82) is 0 Å². The maximum Gasteiger partial charge on any atom is 0.407 e. The Bertz CT molecular complexity index is 5080. The number of carbonyl (C=O) groups is 3. The number of amides is 3. The van der Waals surface area contributed by atoms with Gasteiger partial charge in [0.25, 0.3) is 16.0 Å². The van der Waals surface area contributed by atoms with Gasteiger partial charge in [-0.3, -0.25) is 38.4 Å². The Kier molecular flexibility index (Phi) is 37.0. The third kappa shape index (κ3) is 28.6. The number of aliphatic hydroxyl groups is 4. The Morgan fingerprint density at radius 1 is 0.443 bits per heavy atom. The van der Waals surface area contributed by atoms with E-state index in [1.807, 2.05) is 78.9 Å². The van der Waals surface area contributed by atoms with Gasteiger partial charge in [0.2, 0.25) is 0 Å². The molecule has 3 saturated carbocycles. The number of piperazine rings is 3. The second-order valence-electron chi connectivity index (χ2n) is 33.3. The smallest absolute Gasteiger partial charge is 0.407 e. The fourth-order valence-electron chi connectivity index (χ4n) is 16.4. The molecular formula is C96H129ClF2N10O21S. The van der Waals surface area contributed by atoms with Crippen molar-refractivity contribution < 1.29 is 108 Å². The number of furan rings is 1. The van der Waals surface area contributed by atoms with Crippen LogP contribution in [0.3, 0.4) is 0 Å². The summed E-state index contributed by atoms with van der Waals surface area (Å²) in [6, 6.07) is 44.3. The lowest BCUT2D eigenvalue weighted by atomic mass is 10.00. The van der Waals surface area contributed by atoms with Crippen LogP contribution >= 0.6 is 11.6 Å². The second-order valence-corrected chi connectivity index (χ2v) is 35.4. The molecule has 3 saturated heterocycles. The number of ether oxygens (including phenoxy) is 10. The summed E-state index contributed by atoms with van der Waals surface area (Å²) in [6.07, 6.45) is 3.13. The molecule has 7 aromatic carbocycles. The topological polar surface area (TPSA) is 362 Å². The molecule has 8 aromatic rings. The number of rotatable bonds is 29. The molecule has 8 heterocycles. The minimum atomic E-state index is -3.97. The molecule has 8 atom stereocenters. The van der Waals surface area contributed by atoms with Crippen molar-refractivity contribution >= 4 is 50.8 Å². The van der Waals surface area contributed by atoms with E-state index >= 15 is 8.78 Å². The number of nitrogens with zero attached hydrogens (tertiary/aromatic N) is 6. The summed E-state index contributed by atoms with van der Waals surface area (Å²) in [7, 11) is -3.79. The summed E-state index contributed by atoms with van der Waals surface area (Å²) >= 11 is 5.97. The number of carbonyl (C=O) groups excluding carboxylic acids is 3. The quantitative estimate of drug-likeness (QED) is 0.0202. The largest absolute Gasteiger partial charge is 0.486 e. The third-order valence-electron chi connectivity index (χ3n) is 23.9. The van der Waals surface area contributed by atoms with Crippen molar-refractivity contribution in [1.82, 2.24) is 45.3 Å². The van der Waals surface area contributed by atoms with Crippen molar-refractivity contribution in [2.24, 2.45) is 5.73 Å². The fourth-order valence-corrected chi connectivity index (χ4v) is 16.9. The van der Waals surface area contributed by atoms with Crippen LogP contribution in [0.15, 0.2) is 162 Å². The van der Waals surface area contributed by atoms with Gasteiger partial charge >= 0.3 is 18.1 Å². The summed E-state index contributed by atoms with van der Waals surface area (Å²) < 4.78 is 119. The number of aliphatic hydroxyl groups excluding tert-OH is 4. The van der Waals surface area contributed by atoms with Gasteiger partial charge in [0, 0.05) is 133 Å². The minimum absolute atomic E-state index is 0. The number of benzene rings is 7.